The van der Waals surface area contributed by atoms with E-state index in [1.165, 1.54) is 5.56 Å². The van der Waals surface area contributed by atoms with Gasteiger partial charge in [0.05, 0.1) is 12.2 Å². The second kappa shape index (κ2) is 9.27. The monoisotopic (exact) mass is 345 g/mol. The number of aromatic nitrogens is 1. The minimum absolute atomic E-state index is 0.454. The highest BCUT2D eigenvalue weighted by Gasteiger charge is 2.07. The molecule has 24 heavy (non-hydrogen) atoms. The molecule has 2 rings (SSSR count). The van der Waals surface area contributed by atoms with Gasteiger partial charge in [-0.25, -0.2) is 9.98 Å². The zero-order valence-corrected chi connectivity index (χ0v) is 15.7. The Morgan fingerprint density at radius 2 is 2.12 bits per heavy atom. The maximum atomic E-state index is 4.65. The summed E-state index contributed by atoms with van der Waals surface area (Å²) in [6.45, 7) is 6.55. The predicted octanol–water partition coefficient (Wildman–Crippen LogP) is 3.07. The van der Waals surface area contributed by atoms with Gasteiger partial charge in [0, 0.05) is 27.2 Å². The molecule has 1 atom stereocenters. The third kappa shape index (κ3) is 5.53. The number of pyridine rings is 1. The highest BCUT2D eigenvalue weighted by molar-refractivity contribution is 7.07. The lowest BCUT2D eigenvalue weighted by Crippen LogP contribution is -2.39. The van der Waals surface area contributed by atoms with Crippen LogP contribution < -0.4 is 15.5 Å². The zero-order valence-electron chi connectivity index (χ0n) is 14.9. The van der Waals surface area contributed by atoms with Crippen LogP contribution in [0.4, 0.5) is 5.82 Å². The number of hydrogen-bond donors (Lipinski definition) is 2. The van der Waals surface area contributed by atoms with E-state index >= 15 is 0 Å². The lowest BCUT2D eigenvalue weighted by molar-refractivity contribution is 0.701. The summed E-state index contributed by atoms with van der Waals surface area (Å²) >= 11 is 1.74. The van der Waals surface area contributed by atoms with E-state index in [4.69, 9.17) is 0 Å². The van der Waals surface area contributed by atoms with Crippen molar-refractivity contribution in [3.63, 3.8) is 0 Å². The fraction of sp³-hybridized carbons (Fsp3) is 0.444. The predicted molar refractivity (Wildman–Crippen MR) is 104 cm³/mol. The Bertz CT molecular complexity index is 637. The molecule has 0 aliphatic carbocycles. The van der Waals surface area contributed by atoms with E-state index in [9.17, 15) is 0 Å². The molecule has 6 heteroatoms. The third-order valence-corrected chi connectivity index (χ3v) is 4.38. The molecule has 0 radical (unpaired) electrons. The molecule has 1 unspecified atom stereocenters. The molecule has 0 spiro atoms. The van der Waals surface area contributed by atoms with E-state index in [0.29, 0.717) is 12.5 Å². The number of anilines is 1. The third-order valence-electron chi connectivity index (χ3n) is 3.68. The molecule has 0 aliphatic rings. The van der Waals surface area contributed by atoms with Crippen molar-refractivity contribution in [2.24, 2.45) is 4.99 Å². The van der Waals surface area contributed by atoms with E-state index in [0.717, 1.165) is 30.6 Å². The van der Waals surface area contributed by atoms with Crippen molar-refractivity contribution in [2.75, 3.05) is 32.1 Å². The maximum Gasteiger partial charge on any atom is 0.191 e. The number of aliphatic imine (C=N–C) groups is 1. The fourth-order valence-corrected chi connectivity index (χ4v) is 3.01. The van der Waals surface area contributed by atoms with Crippen molar-refractivity contribution < 1.29 is 0 Å². The van der Waals surface area contributed by atoms with Crippen LogP contribution in [0.25, 0.3) is 0 Å². The fourth-order valence-electron chi connectivity index (χ4n) is 2.23. The molecule has 0 fully saturated rings. The summed E-state index contributed by atoms with van der Waals surface area (Å²) in [5, 5.41) is 11.0. The lowest BCUT2D eigenvalue weighted by atomic mass is 10.1. The molecule has 0 saturated heterocycles. The maximum absolute atomic E-state index is 4.65. The first-order valence-electron chi connectivity index (χ1n) is 8.27. The minimum Gasteiger partial charge on any atom is -0.363 e. The molecule has 0 bridgehead atoms. The van der Waals surface area contributed by atoms with Crippen LogP contribution in [0.1, 0.15) is 31.0 Å². The number of nitrogens with one attached hydrogen (secondary N) is 2. The van der Waals surface area contributed by atoms with E-state index in [1.807, 2.05) is 37.2 Å². The van der Waals surface area contributed by atoms with Crippen LogP contribution >= 0.6 is 11.3 Å². The Hall–Kier alpha value is -2.08. The van der Waals surface area contributed by atoms with Gasteiger partial charge < -0.3 is 15.5 Å². The summed E-state index contributed by atoms with van der Waals surface area (Å²) in [6.07, 6.45) is 0. The van der Waals surface area contributed by atoms with Gasteiger partial charge >= 0.3 is 0 Å². The first-order chi connectivity index (χ1) is 11.6. The summed E-state index contributed by atoms with van der Waals surface area (Å²) in [5.41, 5.74) is 2.33. The summed E-state index contributed by atoms with van der Waals surface area (Å²) < 4.78 is 0. The number of guanidine groups is 1. The van der Waals surface area contributed by atoms with Crippen LogP contribution in [-0.2, 0) is 6.54 Å². The van der Waals surface area contributed by atoms with Gasteiger partial charge in [0.2, 0.25) is 0 Å². The Labute approximate surface area is 148 Å². The highest BCUT2D eigenvalue weighted by atomic mass is 32.1. The molecule has 0 saturated carbocycles. The van der Waals surface area contributed by atoms with Crippen molar-refractivity contribution in [1.29, 1.82) is 0 Å². The second-order valence-electron chi connectivity index (χ2n) is 5.92. The topological polar surface area (TPSA) is 52.6 Å². The zero-order chi connectivity index (χ0) is 17.4. The Morgan fingerprint density at radius 1 is 1.29 bits per heavy atom. The van der Waals surface area contributed by atoms with Gasteiger partial charge in [-0.05, 0) is 47.4 Å². The standard InChI is InChI=1S/C18H27N5S/c1-5-19-18(20-11-14(2)15-9-10-24-13-15)21-12-16-7-6-8-17(22-16)23(3)4/h6-10,13-14H,5,11-12H2,1-4H3,(H2,19,20,21). The molecular weight excluding hydrogens is 318 g/mol. The quantitative estimate of drug-likeness (QED) is 0.598. The van der Waals surface area contributed by atoms with Gasteiger partial charge in [0.15, 0.2) is 5.96 Å². The van der Waals surface area contributed by atoms with Gasteiger partial charge in [-0.1, -0.05) is 13.0 Å². The van der Waals surface area contributed by atoms with Crippen LogP contribution in [0.15, 0.2) is 40.0 Å². The molecule has 2 aromatic rings. The number of rotatable bonds is 7. The van der Waals surface area contributed by atoms with Crippen LogP contribution in [-0.4, -0.2) is 38.1 Å². The first-order valence-corrected chi connectivity index (χ1v) is 9.22. The van der Waals surface area contributed by atoms with Crippen molar-refractivity contribution in [3.8, 4) is 0 Å². The van der Waals surface area contributed by atoms with Crippen molar-refractivity contribution in [2.45, 2.75) is 26.3 Å². The van der Waals surface area contributed by atoms with Gasteiger partial charge in [-0.15, -0.1) is 0 Å². The van der Waals surface area contributed by atoms with Crippen molar-refractivity contribution in [3.05, 3.63) is 46.3 Å². The highest BCUT2D eigenvalue weighted by Crippen LogP contribution is 2.17. The van der Waals surface area contributed by atoms with Crippen molar-refractivity contribution in [1.82, 2.24) is 15.6 Å². The van der Waals surface area contributed by atoms with E-state index in [-0.39, 0.29) is 0 Å². The van der Waals surface area contributed by atoms with Gasteiger partial charge in [0.1, 0.15) is 5.82 Å². The van der Waals surface area contributed by atoms with Crippen LogP contribution in [0, 0.1) is 0 Å². The summed E-state index contributed by atoms with van der Waals surface area (Å²) in [6, 6.07) is 8.21. The molecule has 2 N–H and O–H groups in total. The molecule has 2 heterocycles. The summed E-state index contributed by atoms with van der Waals surface area (Å²) in [5.74, 6) is 2.23. The van der Waals surface area contributed by atoms with Crippen LogP contribution in [0.5, 0.6) is 0 Å². The Morgan fingerprint density at radius 3 is 2.79 bits per heavy atom. The van der Waals surface area contributed by atoms with Crippen molar-refractivity contribution >= 4 is 23.1 Å². The number of nitrogens with zero attached hydrogens (tertiary/aromatic N) is 3. The van der Waals surface area contributed by atoms with Gasteiger partial charge in [-0.2, -0.15) is 11.3 Å². The molecule has 0 amide bonds. The molecule has 130 valence electrons. The molecule has 0 aromatic carbocycles. The normalized spacial score (nSPS) is 12.8. The average Bonchev–Trinajstić information content (AvgIpc) is 3.12. The average molecular weight is 346 g/mol. The Balaban J connectivity index is 1.96. The van der Waals surface area contributed by atoms with E-state index in [1.54, 1.807) is 11.3 Å². The largest absolute Gasteiger partial charge is 0.363 e. The number of hydrogen-bond acceptors (Lipinski definition) is 4. The van der Waals surface area contributed by atoms with E-state index < -0.39 is 0 Å². The lowest BCUT2D eigenvalue weighted by Gasteiger charge is -2.15. The van der Waals surface area contributed by atoms with Gasteiger partial charge in [-0.3, -0.25) is 0 Å². The van der Waals surface area contributed by atoms with Crippen LogP contribution in [0.2, 0.25) is 0 Å². The molecule has 2 aromatic heterocycles. The summed E-state index contributed by atoms with van der Waals surface area (Å²) in [4.78, 5) is 11.3. The van der Waals surface area contributed by atoms with Crippen LogP contribution in [0.3, 0.4) is 0 Å². The van der Waals surface area contributed by atoms with Gasteiger partial charge in [0.25, 0.3) is 0 Å². The Kier molecular flexibility index (Phi) is 7.06. The molecule has 5 nitrogen and oxygen atoms in total. The number of thiophene rings is 1. The summed E-state index contributed by atoms with van der Waals surface area (Å²) in [7, 11) is 3.99. The first kappa shape index (κ1) is 18.3. The SMILES string of the molecule is CCNC(=NCc1cccc(N(C)C)n1)NCC(C)c1ccsc1. The molecular formula is C18H27N5S. The second-order valence-corrected chi connectivity index (χ2v) is 6.70. The molecule has 0 aliphatic heterocycles. The smallest absolute Gasteiger partial charge is 0.191 e. The van der Waals surface area contributed by atoms with E-state index in [2.05, 4.69) is 51.3 Å². The minimum atomic E-state index is 0.454.